The van der Waals surface area contributed by atoms with Crippen LogP contribution in [0.2, 0.25) is 0 Å². The Morgan fingerprint density at radius 2 is 1.80 bits per heavy atom. The first-order chi connectivity index (χ1) is 17.0. The Kier molecular flexibility index (Phi) is 7.01. The van der Waals surface area contributed by atoms with Gasteiger partial charge in [0.15, 0.2) is 11.5 Å². The maximum Gasteiger partial charge on any atom is 0.295 e. The molecule has 1 aliphatic heterocycles. The number of para-hydroxylation sites is 1. The van der Waals surface area contributed by atoms with E-state index in [1.807, 2.05) is 13.0 Å². The maximum atomic E-state index is 13.3. The molecule has 1 amide bonds. The van der Waals surface area contributed by atoms with Crippen LogP contribution in [0.3, 0.4) is 0 Å². The molecule has 3 aromatic rings. The Balaban J connectivity index is 1.89. The van der Waals surface area contributed by atoms with Crippen LogP contribution in [0, 0.1) is 0 Å². The zero-order valence-corrected chi connectivity index (χ0v) is 19.7. The topological polar surface area (TPSA) is 98.2 Å². The molecule has 0 radical (unpaired) electrons. The van der Waals surface area contributed by atoms with Crippen LogP contribution in [0.5, 0.6) is 17.2 Å². The van der Waals surface area contributed by atoms with Gasteiger partial charge in [0.25, 0.3) is 11.7 Å². The predicted octanol–water partition coefficient (Wildman–Crippen LogP) is 4.12. The molecule has 0 spiro atoms. The number of carbonyl (C=O) groups excluding carboxylic acids is 2. The molecule has 0 saturated carbocycles. The molecule has 1 N–H and O–H groups in total. The minimum absolute atomic E-state index is 0.0328. The summed E-state index contributed by atoms with van der Waals surface area (Å²) in [5, 5.41) is 11.3. The molecule has 1 aliphatic rings. The molecule has 2 aromatic carbocycles. The van der Waals surface area contributed by atoms with Crippen LogP contribution in [-0.4, -0.2) is 47.5 Å². The molecular weight excluding hydrogens is 448 g/mol. The van der Waals surface area contributed by atoms with Crippen molar-refractivity contribution in [1.82, 2.24) is 9.88 Å². The number of amides is 1. The molecule has 1 fully saturated rings. The highest BCUT2D eigenvalue weighted by Crippen LogP contribution is 2.46. The minimum Gasteiger partial charge on any atom is -0.507 e. The Bertz CT molecular complexity index is 1250. The van der Waals surface area contributed by atoms with Gasteiger partial charge in [-0.05, 0) is 48.9 Å². The Morgan fingerprint density at radius 3 is 2.43 bits per heavy atom. The Morgan fingerprint density at radius 1 is 1.03 bits per heavy atom. The van der Waals surface area contributed by atoms with Crippen LogP contribution in [0.15, 0.2) is 72.6 Å². The fourth-order valence-corrected chi connectivity index (χ4v) is 4.21. The molecule has 1 saturated heterocycles. The van der Waals surface area contributed by atoms with E-state index in [0.29, 0.717) is 35.0 Å². The van der Waals surface area contributed by atoms with E-state index >= 15 is 0 Å². The molecule has 8 heteroatoms. The molecule has 1 aromatic heterocycles. The number of aliphatic hydroxyl groups excluding tert-OH is 1. The normalized spacial score (nSPS) is 16.9. The molecular formula is C27H26N2O6. The van der Waals surface area contributed by atoms with E-state index in [1.165, 1.54) is 19.1 Å². The monoisotopic (exact) mass is 474 g/mol. The number of pyridine rings is 1. The van der Waals surface area contributed by atoms with Crippen LogP contribution in [0.25, 0.3) is 5.76 Å². The second kappa shape index (κ2) is 10.3. The summed E-state index contributed by atoms with van der Waals surface area (Å²) in [6, 6.07) is 14.6. The fourth-order valence-electron chi connectivity index (χ4n) is 4.21. The number of ketones is 1. The molecule has 0 unspecified atom stereocenters. The van der Waals surface area contributed by atoms with Crippen molar-refractivity contribution in [2.45, 2.75) is 19.5 Å². The predicted molar refractivity (Wildman–Crippen MR) is 129 cm³/mol. The van der Waals surface area contributed by atoms with Gasteiger partial charge in [-0.15, -0.1) is 0 Å². The number of benzene rings is 2. The van der Waals surface area contributed by atoms with Gasteiger partial charge in [0.05, 0.1) is 32.4 Å². The van der Waals surface area contributed by atoms with Crippen molar-refractivity contribution in [3.8, 4) is 17.2 Å². The van der Waals surface area contributed by atoms with Crippen molar-refractivity contribution in [1.29, 1.82) is 0 Å². The van der Waals surface area contributed by atoms with Crippen molar-refractivity contribution in [3.63, 3.8) is 0 Å². The molecule has 0 aliphatic carbocycles. The average Bonchev–Trinajstić information content (AvgIpc) is 3.13. The molecule has 1 atom stereocenters. The summed E-state index contributed by atoms with van der Waals surface area (Å²) in [7, 11) is 3.00. The highest BCUT2D eigenvalue weighted by Gasteiger charge is 2.47. The summed E-state index contributed by atoms with van der Waals surface area (Å²) >= 11 is 0. The lowest BCUT2D eigenvalue weighted by molar-refractivity contribution is -0.140. The third-order valence-electron chi connectivity index (χ3n) is 5.78. The number of hydrogen-bond donors (Lipinski definition) is 1. The van der Waals surface area contributed by atoms with Crippen molar-refractivity contribution < 1.29 is 28.9 Å². The first-order valence-corrected chi connectivity index (χ1v) is 11.1. The number of Topliss-reactive ketones (excluding diaryl/α,β-unsaturated/α-hetero) is 1. The van der Waals surface area contributed by atoms with Gasteiger partial charge in [0.2, 0.25) is 0 Å². The zero-order valence-electron chi connectivity index (χ0n) is 19.7. The molecule has 0 bridgehead atoms. The van der Waals surface area contributed by atoms with Crippen LogP contribution < -0.4 is 14.2 Å². The largest absolute Gasteiger partial charge is 0.507 e. The quantitative estimate of drug-likeness (QED) is 0.298. The van der Waals surface area contributed by atoms with Gasteiger partial charge in [0.1, 0.15) is 11.5 Å². The molecule has 35 heavy (non-hydrogen) atoms. The summed E-state index contributed by atoms with van der Waals surface area (Å²) in [6.07, 6.45) is 3.26. The summed E-state index contributed by atoms with van der Waals surface area (Å²) in [6.45, 7) is 2.49. The zero-order chi connectivity index (χ0) is 24.9. The minimum atomic E-state index is -0.910. The average molecular weight is 475 g/mol. The van der Waals surface area contributed by atoms with Gasteiger partial charge in [-0.25, -0.2) is 0 Å². The summed E-state index contributed by atoms with van der Waals surface area (Å²) in [4.78, 5) is 32.1. The highest BCUT2D eigenvalue weighted by molar-refractivity contribution is 6.46. The van der Waals surface area contributed by atoms with E-state index < -0.39 is 17.7 Å². The number of ether oxygens (including phenoxy) is 3. The standard InChI is InChI=1S/C27H26N2O6/c1-4-35-19-12-10-18(11-13-19)24(30)22-23(20-8-5-9-21(33-2)26(20)34-3)29(27(32)25(22)31)16-17-7-6-14-28-15-17/h5-15,23,30H,4,16H2,1-3H3/t23-/m1/s1. The molecule has 4 rings (SSSR count). The van der Waals surface area contributed by atoms with Crippen LogP contribution in [-0.2, 0) is 16.1 Å². The van der Waals surface area contributed by atoms with Gasteiger partial charge < -0.3 is 24.2 Å². The summed E-state index contributed by atoms with van der Waals surface area (Å²) in [5.74, 6) is -0.345. The molecule has 180 valence electrons. The first-order valence-electron chi connectivity index (χ1n) is 11.1. The van der Waals surface area contributed by atoms with Crippen LogP contribution in [0.4, 0.5) is 0 Å². The van der Waals surface area contributed by atoms with E-state index in [-0.39, 0.29) is 17.9 Å². The number of hydrogen-bond acceptors (Lipinski definition) is 7. The number of likely N-dealkylation sites (tertiary alicyclic amines) is 1. The third kappa shape index (κ3) is 4.55. The van der Waals surface area contributed by atoms with E-state index in [9.17, 15) is 14.7 Å². The number of nitrogens with zero attached hydrogens (tertiary/aromatic N) is 2. The van der Waals surface area contributed by atoms with E-state index in [4.69, 9.17) is 14.2 Å². The Hall–Kier alpha value is -4.33. The van der Waals surface area contributed by atoms with Crippen molar-refractivity contribution in [3.05, 3.63) is 89.3 Å². The van der Waals surface area contributed by atoms with E-state index in [2.05, 4.69) is 4.98 Å². The second-order valence-corrected chi connectivity index (χ2v) is 7.83. The van der Waals surface area contributed by atoms with Gasteiger partial charge in [-0.3, -0.25) is 14.6 Å². The van der Waals surface area contributed by atoms with Crippen molar-refractivity contribution in [2.24, 2.45) is 0 Å². The van der Waals surface area contributed by atoms with Crippen molar-refractivity contribution >= 4 is 17.4 Å². The highest BCUT2D eigenvalue weighted by atomic mass is 16.5. The first kappa shape index (κ1) is 23.8. The Labute approximate surface area is 203 Å². The van der Waals surface area contributed by atoms with E-state index in [0.717, 1.165) is 5.56 Å². The fraction of sp³-hybridized carbons (Fsp3) is 0.222. The van der Waals surface area contributed by atoms with Gasteiger partial charge in [0, 0.05) is 30.1 Å². The molecule has 2 heterocycles. The van der Waals surface area contributed by atoms with E-state index in [1.54, 1.807) is 60.9 Å². The SMILES string of the molecule is CCOc1ccc(C(O)=C2C(=O)C(=O)N(Cc3cccnc3)[C@@H]2c2cccc(OC)c2OC)cc1. The number of rotatable bonds is 8. The van der Waals surface area contributed by atoms with Gasteiger partial charge in [-0.1, -0.05) is 18.2 Å². The lowest BCUT2D eigenvalue weighted by atomic mass is 9.94. The van der Waals surface area contributed by atoms with Crippen LogP contribution in [0.1, 0.15) is 29.7 Å². The maximum absolute atomic E-state index is 13.3. The number of aliphatic hydroxyl groups is 1. The number of aromatic nitrogens is 1. The lowest BCUT2D eigenvalue weighted by Gasteiger charge is -2.27. The number of methoxy groups -OCH3 is 2. The smallest absolute Gasteiger partial charge is 0.295 e. The second-order valence-electron chi connectivity index (χ2n) is 7.83. The molecule has 8 nitrogen and oxygen atoms in total. The summed E-state index contributed by atoms with van der Waals surface area (Å²) in [5.41, 5.74) is 1.61. The lowest BCUT2D eigenvalue weighted by Crippen LogP contribution is -2.29. The third-order valence-corrected chi connectivity index (χ3v) is 5.78. The van der Waals surface area contributed by atoms with Gasteiger partial charge >= 0.3 is 0 Å². The van der Waals surface area contributed by atoms with Crippen molar-refractivity contribution in [2.75, 3.05) is 20.8 Å². The van der Waals surface area contributed by atoms with Crippen LogP contribution >= 0.6 is 0 Å². The summed E-state index contributed by atoms with van der Waals surface area (Å²) < 4.78 is 16.5. The number of carbonyl (C=O) groups is 2. The van der Waals surface area contributed by atoms with Gasteiger partial charge in [-0.2, -0.15) is 0 Å².